The number of fused-ring (bicyclic) bond motifs is 1. The maximum absolute atomic E-state index is 11.3. The minimum Gasteiger partial charge on any atom is -0.464 e. The Hall–Kier alpha value is -1.29. The smallest absolute Gasteiger partial charge is 0.358 e. The highest BCUT2D eigenvalue weighted by Gasteiger charge is 2.45. The van der Waals surface area contributed by atoms with Crippen LogP contribution in [0.15, 0.2) is 12.3 Å². The molecule has 0 aromatic carbocycles. The number of esters is 1. The summed E-state index contributed by atoms with van der Waals surface area (Å²) in [5.41, 5.74) is 1.18. The lowest BCUT2D eigenvalue weighted by atomic mass is 10.3. The van der Waals surface area contributed by atoms with Gasteiger partial charge in [0.25, 0.3) is 0 Å². The molecule has 1 saturated heterocycles. The molecule has 0 amide bonds. The van der Waals surface area contributed by atoms with Crippen molar-refractivity contribution in [1.29, 1.82) is 0 Å². The van der Waals surface area contributed by atoms with Crippen LogP contribution in [0.1, 0.15) is 16.9 Å². The molecule has 90 valence electrons. The summed E-state index contributed by atoms with van der Waals surface area (Å²) >= 11 is 6.04. The number of rotatable bonds is 2. The molecule has 2 aliphatic rings. The van der Waals surface area contributed by atoms with Crippen LogP contribution in [-0.2, 0) is 4.74 Å². The van der Waals surface area contributed by atoms with Gasteiger partial charge >= 0.3 is 5.97 Å². The average molecular weight is 253 g/mol. The van der Waals surface area contributed by atoms with Crippen LogP contribution in [-0.4, -0.2) is 31.2 Å². The van der Waals surface area contributed by atoms with Crippen LogP contribution < -0.4 is 4.90 Å². The first-order valence-corrected chi connectivity index (χ1v) is 6.05. The van der Waals surface area contributed by atoms with Gasteiger partial charge < -0.3 is 9.64 Å². The van der Waals surface area contributed by atoms with E-state index in [1.807, 2.05) is 0 Å². The van der Waals surface area contributed by atoms with Crippen LogP contribution in [0.5, 0.6) is 0 Å². The number of hydrogen-bond acceptors (Lipinski definition) is 4. The van der Waals surface area contributed by atoms with E-state index in [-0.39, 0.29) is 5.69 Å². The molecule has 3 rings (SSSR count). The first kappa shape index (κ1) is 10.8. The van der Waals surface area contributed by atoms with Crippen molar-refractivity contribution in [2.75, 3.05) is 25.1 Å². The number of aromatic nitrogens is 1. The molecule has 0 radical (unpaired) electrons. The van der Waals surface area contributed by atoms with E-state index in [0.717, 1.165) is 30.6 Å². The molecule has 2 heterocycles. The molecule has 1 aromatic heterocycles. The lowest BCUT2D eigenvalue weighted by Gasteiger charge is -2.20. The van der Waals surface area contributed by atoms with Crippen LogP contribution in [0.25, 0.3) is 0 Å². The Morgan fingerprint density at radius 2 is 2.24 bits per heavy atom. The van der Waals surface area contributed by atoms with Crippen molar-refractivity contribution in [2.45, 2.75) is 6.42 Å². The number of carbonyl (C=O) groups excluding carboxylic acids is 1. The third-order valence-electron chi connectivity index (χ3n) is 3.55. The van der Waals surface area contributed by atoms with Crippen molar-refractivity contribution in [1.82, 2.24) is 4.98 Å². The molecule has 0 N–H and O–H groups in total. The Labute approximate surface area is 105 Å². The monoisotopic (exact) mass is 252 g/mol. The van der Waals surface area contributed by atoms with E-state index in [0.29, 0.717) is 5.02 Å². The topological polar surface area (TPSA) is 42.4 Å². The highest BCUT2D eigenvalue weighted by Crippen LogP contribution is 2.46. The molecule has 0 spiro atoms. The predicted octanol–water partition coefficient (Wildman–Crippen LogP) is 1.98. The van der Waals surface area contributed by atoms with Gasteiger partial charge in [0.2, 0.25) is 0 Å². The van der Waals surface area contributed by atoms with E-state index >= 15 is 0 Å². The largest absolute Gasteiger partial charge is 0.464 e. The first-order chi connectivity index (χ1) is 8.19. The lowest BCUT2D eigenvalue weighted by molar-refractivity contribution is 0.0594. The summed E-state index contributed by atoms with van der Waals surface area (Å²) in [5.74, 6) is 1.22. The molecular weight excluding hydrogens is 240 g/mol. The third kappa shape index (κ3) is 1.86. The summed E-state index contributed by atoms with van der Waals surface area (Å²) in [6.07, 6.45) is 3.06. The van der Waals surface area contributed by atoms with Crippen LogP contribution in [0.3, 0.4) is 0 Å². The Morgan fingerprint density at radius 1 is 1.53 bits per heavy atom. The number of anilines is 1. The predicted molar refractivity (Wildman–Crippen MR) is 64.4 cm³/mol. The second kappa shape index (κ2) is 3.88. The molecule has 2 fully saturated rings. The Balaban J connectivity index is 1.83. The van der Waals surface area contributed by atoms with Gasteiger partial charge in [0, 0.05) is 13.1 Å². The molecule has 1 aliphatic carbocycles. The van der Waals surface area contributed by atoms with Crippen molar-refractivity contribution >= 4 is 23.3 Å². The number of halogens is 1. The molecule has 4 nitrogen and oxygen atoms in total. The van der Waals surface area contributed by atoms with Crippen molar-refractivity contribution in [3.8, 4) is 0 Å². The van der Waals surface area contributed by atoms with Gasteiger partial charge in [-0.05, 0) is 24.3 Å². The minimum absolute atomic E-state index is 0.183. The van der Waals surface area contributed by atoms with Crippen molar-refractivity contribution in [2.24, 2.45) is 11.8 Å². The number of hydrogen-bond donors (Lipinski definition) is 0. The Bertz CT molecular complexity index is 468. The number of ether oxygens (including phenoxy) is 1. The first-order valence-electron chi connectivity index (χ1n) is 5.68. The zero-order valence-electron chi connectivity index (χ0n) is 9.52. The maximum atomic E-state index is 11.3. The average Bonchev–Trinajstić information content (AvgIpc) is 2.95. The van der Waals surface area contributed by atoms with E-state index in [9.17, 15) is 4.79 Å². The molecule has 17 heavy (non-hydrogen) atoms. The fourth-order valence-electron chi connectivity index (χ4n) is 2.46. The Morgan fingerprint density at radius 3 is 2.82 bits per heavy atom. The molecule has 0 bridgehead atoms. The van der Waals surface area contributed by atoms with Crippen LogP contribution in [0.4, 0.5) is 5.69 Å². The zero-order chi connectivity index (χ0) is 12.0. The molecule has 1 saturated carbocycles. The zero-order valence-corrected chi connectivity index (χ0v) is 10.3. The number of piperidine rings is 1. The van der Waals surface area contributed by atoms with Crippen molar-refractivity contribution in [3.05, 3.63) is 23.0 Å². The minimum atomic E-state index is -0.495. The van der Waals surface area contributed by atoms with E-state index in [1.54, 1.807) is 12.3 Å². The van der Waals surface area contributed by atoms with E-state index < -0.39 is 5.97 Å². The van der Waals surface area contributed by atoms with Crippen LogP contribution >= 0.6 is 11.6 Å². The van der Waals surface area contributed by atoms with E-state index in [2.05, 4.69) is 14.6 Å². The quantitative estimate of drug-likeness (QED) is 0.755. The highest BCUT2D eigenvalue weighted by molar-refractivity contribution is 6.33. The molecule has 1 aromatic rings. The normalized spacial score (nSPS) is 25.6. The summed E-state index contributed by atoms with van der Waals surface area (Å²) in [4.78, 5) is 17.7. The standard InChI is InChI=1S/C12H13ClN2O2/c1-17-12(16)11-10(13)3-9(4-14-11)15-5-7-2-8(7)6-15/h3-4,7-8H,2,5-6H2,1H3. The van der Waals surface area contributed by atoms with Gasteiger partial charge in [-0.2, -0.15) is 0 Å². The fourth-order valence-corrected chi connectivity index (χ4v) is 2.69. The van der Waals surface area contributed by atoms with E-state index in [4.69, 9.17) is 11.6 Å². The van der Waals surface area contributed by atoms with Gasteiger partial charge in [0.1, 0.15) is 0 Å². The Kier molecular flexibility index (Phi) is 2.47. The number of carbonyl (C=O) groups is 1. The highest BCUT2D eigenvalue weighted by atomic mass is 35.5. The fraction of sp³-hybridized carbons (Fsp3) is 0.500. The van der Waals surface area contributed by atoms with Crippen LogP contribution in [0, 0.1) is 11.8 Å². The molecule has 1 aliphatic heterocycles. The van der Waals surface area contributed by atoms with Crippen molar-refractivity contribution < 1.29 is 9.53 Å². The summed E-state index contributed by atoms with van der Waals surface area (Å²) in [5, 5.41) is 0.356. The van der Waals surface area contributed by atoms with Crippen molar-refractivity contribution in [3.63, 3.8) is 0 Å². The van der Waals surface area contributed by atoms with Gasteiger partial charge in [-0.1, -0.05) is 11.6 Å². The van der Waals surface area contributed by atoms with Gasteiger partial charge in [-0.3, -0.25) is 0 Å². The van der Waals surface area contributed by atoms with E-state index in [1.165, 1.54) is 13.5 Å². The third-order valence-corrected chi connectivity index (χ3v) is 3.84. The number of pyridine rings is 1. The van der Waals surface area contributed by atoms with Gasteiger partial charge in [-0.15, -0.1) is 0 Å². The number of methoxy groups -OCH3 is 1. The lowest BCUT2D eigenvalue weighted by Crippen LogP contribution is -2.22. The summed E-state index contributed by atoms with van der Waals surface area (Å²) < 4.78 is 4.61. The maximum Gasteiger partial charge on any atom is 0.358 e. The second-order valence-electron chi connectivity index (χ2n) is 4.68. The molecule has 2 atom stereocenters. The summed E-state index contributed by atoms with van der Waals surface area (Å²) in [6, 6.07) is 1.80. The SMILES string of the molecule is COC(=O)c1ncc(N2CC3CC3C2)cc1Cl. The molecule has 2 unspecified atom stereocenters. The van der Waals surface area contributed by atoms with Gasteiger partial charge in [0.15, 0.2) is 5.69 Å². The van der Waals surface area contributed by atoms with Crippen LogP contribution in [0.2, 0.25) is 5.02 Å². The van der Waals surface area contributed by atoms with Gasteiger partial charge in [-0.25, -0.2) is 9.78 Å². The molecular formula is C12H13ClN2O2. The number of nitrogens with zero attached hydrogens (tertiary/aromatic N) is 2. The second-order valence-corrected chi connectivity index (χ2v) is 5.08. The molecule has 5 heteroatoms. The summed E-state index contributed by atoms with van der Waals surface area (Å²) in [6.45, 7) is 2.17. The van der Waals surface area contributed by atoms with Gasteiger partial charge in [0.05, 0.1) is 24.0 Å². The summed E-state index contributed by atoms with van der Waals surface area (Å²) in [7, 11) is 1.32.